The van der Waals surface area contributed by atoms with E-state index in [1.165, 1.54) is 0 Å². The monoisotopic (exact) mass is 413 g/mol. The van der Waals surface area contributed by atoms with Crippen LogP contribution in [0.2, 0.25) is 0 Å². The standard InChI is InChI=1S/C24H23N5O2/c1-2-12-30-19-10-8-17(9-11-19)21-13-20(31-28-21)15-29-16-23-22(14-25-29)26-24(27-23)18-6-4-3-5-7-18/h3-11,13-14H,2,12,15-16H2,1H3,(H,26,27). The molecule has 7 heteroatoms. The van der Waals surface area contributed by atoms with Crippen molar-refractivity contribution in [2.75, 3.05) is 6.61 Å². The summed E-state index contributed by atoms with van der Waals surface area (Å²) in [6.45, 7) is 3.93. The van der Waals surface area contributed by atoms with Crippen molar-refractivity contribution in [3.05, 3.63) is 77.8 Å². The molecule has 3 heterocycles. The minimum absolute atomic E-state index is 0.522. The molecule has 0 saturated heterocycles. The van der Waals surface area contributed by atoms with Crippen molar-refractivity contribution in [2.24, 2.45) is 5.10 Å². The fraction of sp³-hybridized carbons (Fsp3) is 0.208. The Kier molecular flexibility index (Phi) is 5.22. The van der Waals surface area contributed by atoms with E-state index in [1.54, 1.807) is 0 Å². The summed E-state index contributed by atoms with van der Waals surface area (Å²) >= 11 is 0. The quantitative estimate of drug-likeness (QED) is 0.468. The number of benzene rings is 2. The Balaban J connectivity index is 1.25. The van der Waals surface area contributed by atoms with Crippen LogP contribution in [0.15, 0.2) is 70.3 Å². The number of hydrogen-bond acceptors (Lipinski definition) is 6. The van der Waals surface area contributed by atoms with Gasteiger partial charge in [-0.1, -0.05) is 42.4 Å². The Hall–Kier alpha value is -3.87. The summed E-state index contributed by atoms with van der Waals surface area (Å²) < 4.78 is 11.2. The molecule has 0 saturated carbocycles. The van der Waals surface area contributed by atoms with E-state index < -0.39 is 0 Å². The molecule has 1 aliphatic rings. The summed E-state index contributed by atoms with van der Waals surface area (Å²) in [6.07, 6.45) is 2.80. The van der Waals surface area contributed by atoms with Gasteiger partial charge in [0, 0.05) is 17.2 Å². The van der Waals surface area contributed by atoms with Crippen molar-refractivity contribution in [3.8, 4) is 28.4 Å². The highest BCUT2D eigenvalue weighted by molar-refractivity contribution is 5.80. The van der Waals surface area contributed by atoms with E-state index in [9.17, 15) is 0 Å². The molecule has 7 nitrogen and oxygen atoms in total. The Bertz CT molecular complexity index is 1180. The first-order valence-electron chi connectivity index (χ1n) is 10.4. The fourth-order valence-corrected chi connectivity index (χ4v) is 3.48. The van der Waals surface area contributed by atoms with Gasteiger partial charge in [-0.2, -0.15) is 5.10 Å². The number of hydrazone groups is 1. The molecule has 156 valence electrons. The highest BCUT2D eigenvalue weighted by Gasteiger charge is 2.19. The number of aromatic amines is 1. The van der Waals surface area contributed by atoms with Crippen LogP contribution >= 0.6 is 0 Å². The number of H-pyrrole nitrogens is 1. The van der Waals surface area contributed by atoms with Crippen LogP contribution in [0.25, 0.3) is 22.6 Å². The van der Waals surface area contributed by atoms with Crippen molar-refractivity contribution in [1.82, 2.24) is 20.1 Å². The average Bonchev–Trinajstić information content (AvgIpc) is 3.45. The van der Waals surface area contributed by atoms with Crippen LogP contribution in [-0.2, 0) is 13.1 Å². The first-order chi connectivity index (χ1) is 15.3. The third kappa shape index (κ3) is 4.21. The Labute approximate surface area is 180 Å². The van der Waals surface area contributed by atoms with Gasteiger partial charge < -0.3 is 14.2 Å². The summed E-state index contributed by atoms with van der Waals surface area (Å²) in [5, 5.41) is 10.7. The molecule has 0 radical (unpaired) electrons. The zero-order valence-corrected chi connectivity index (χ0v) is 17.3. The predicted molar refractivity (Wildman–Crippen MR) is 119 cm³/mol. The molecule has 0 amide bonds. The summed E-state index contributed by atoms with van der Waals surface area (Å²) in [5.41, 5.74) is 4.76. The smallest absolute Gasteiger partial charge is 0.158 e. The second kappa shape index (κ2) is 8.47. The molecule has 31 heavy (non-hydrogen) atoms. The molecule has 0 unspecified atom stereocenters. The molecular formula is C24H23N5O2. The molecule has 0 bridgehead atoms. The lowest BCUT2D eigenvalue weighted by molar-refractivity contribution is 0.229. The van der Waals surface area contributed by atoms with Gasteiger partial charge in [-0.05, 0) is 30.7 Å². The first kappa shape index (κ1) is 19.1. The van der Waals surface area contributed by atoms with Gasteiger partial charge in [0.15, 0.2) is 5.76 Å². The molecule has 0 aliphatic carbocycles. The summed E-state index contributed by atoms with van der Waals surface area (Å²) in [7, 11) is 0. The van der Waals surface area contributed by atoms with E-state index in [0.717, 1.165) is 52.0 Å². The van der Waals surface area contributed by atoms with Crippen molar-refractivity contribution < 1.29 is 9.26 Å². The van der Waals surface area contributed by atoms with Gasteiger partial charge >= 0.3 is 0 Å². The average molecular weight is 413 g/mol. The van der Waals surface area contributed by atoms with Gasteiger partial charge in [0.1, 0.15) is 17.3 Å². The van der Waals surface area contributed by atoms with E-state index in [-0.39, 0.29) is 0 Å². The van der Waals surface area contributed by atoms with Crippen molar-refractivity contribution in [1.29, 1.82) is 0 Å². The maximum absolute atomic E-state index is 5.64. The van der Waals surface area contributed by atoms with Crippen LogP contribution in [0.4, 0.5) is 0 Å². The molecular weight excluding hydrogens is 390 g/mol. The lowest BCUT2D eigenvalue weighted by atomic mass is 10.1. The van der Waals surface area contributed by atoms with Crippen LogP contribution in [0, 0.1) is 0 Å². The number of rotatable bonds is 7. The molecule has 5 rings (SSSR count). The molecule has 0 fully saturated rings. The highest BCUT2D eigenvalue weighted by atomic mass is 16.5. The van der Waals surface area contributed by atoms with E-state index in [1.807, 2.05) is 71.9 Å². The molecule has 4 aromatic rings. The van der Waals surface area contributed by atoms with Gasteiger partial charge in [0.2, 0.25) is 0 Å². The minimum atomic E-state index is 0.522. The Morgan fingerprint density at radius 2 is 1.90 bits per heavy atom. The van der Waals surface area contributed by atoms with Crippen LogP contribution < -0.4 is 4.74 Å². The number of aromatic nitrogens is 3. The molecule has 0 atom stereocenters. The SMILES string of the molecule is CCCOc1ccc(-c2cc(CN3Cc4nc(-c5ccccc5)[nH]c4C=N3)on2)cc1. The molecule has 1 N–H and O–H groups in total. The van der Waals surface area contributed by atoms with Crippen LogP contribution in [-0.4, -0.2) is 33.0 Å². The number of nitrogens with zero attached hydrogens (tertiary/aromatic N) is 4. The van der Waals surface area contributed by atoms with E-state index >= 15 is 0 Å². The second-order valence-electron chi connectivity index (χ2n) is 7.43. The first-order valence-corrected chi connectivity index (χ1v) is 10.4. The zero-order valence-electron chi connectivity index (χ0n) is 17.3. The number of imidazole rings is 1. The largest absolute Gasteiger partial charge is 0.494 e. The number of nitrogens with one attached hydrogen (secondary N) is 1. The van der Waals surface area contributed by atoms with Crippen LogP contribution in [0.3, 0.4) is 0 Å². The molecule has 1 aliphatic heterocycles. The molecule has 0 spiro atoms. The predicted octanol–water partition coefficient (Wildman–Crippen LogP) is 4.87. The van der Waals surface area contributed by atoms with Gasteiger partial charge in [0.25, 0.3) is 0 Å². The summed E-state index contributed by atoms with van der Waals surface area (Å²) in [4.78, 5) is 8.09. The van der Waals surface area contributed by atoms with Crippen LogP contribution in [0.5, 0.6) is 5.75 Å². The number of hydrogen-bond donors (Lipinski definition) is 1. The fourth-order valence-electron chi connectivity index (χ4n) is 3.48. The maximum atomic E-state index is 5.64. The summed E-state index contributed by atoms with van der Waals surface area (Å²) in [5.74, 6) is 2.47. The number of fused-ring (bicyclic) bond motifs is 1. The van der Waals surface area contributed by atoms with E-state index in [4.69, 9.17) is 14.2 Å². The van der Waals surface area contributed by atoms with Crippen molar-refractivity contribution in [3.63, 3.8) is 0 Å². The zero-order chi connectivity index (χ0) is 21.0. The van der Waals surface area contributed by atoms with E-state index in [2.05, 4.69) is 22.2 Å². The normalized spacial score (nSPS) is 12.7. The Morgan fingerprint density at radius 3 is 2.71 bits per heavy atom. The summed E-state index contributed by atoms with van der Waals surface area (Å²) in [6, 6.07) is 19.9. The lowest BCUT2D eigenvalue weighted by Crippen LogP contribution is -2.21. The lowest BCUT2D eigenvalue weighted by Gasteiger charge is -2.19. The van der Waals surface area contributed by atoms with Gasteiger partial charge in [-0.15, -0.1) is 0 Å². The third-order valence-corrected chi connectivity index (χ3v) is 5.06. The topological polar surface area (TPSA) is 79.5 Å². The Morgan fingerprint density at radius 1 is 1.06 bits per heavy atom. The van der Waals surface area contributed by atoms with Crippen molar-refractivity contribution >= 4 is 6.21 Å². The number of ether oxygens (including phenoxy) is 1. The van der Waals surface area contributed by atoms with E-state index in [0.29, 0.717) is 19.7 Å². The maximum Gasteiger partial charge on any atom is 0.158 e. The van der Waals surface area contributed by atoms with Gasteiger partial charge in [-0.3, -0.25) is 5.01 Å². The molecule has 2 aromatic carbocycles. The van der Waals surface area contributed by atoms with Gasteiger partial charge in [0.05, 0.1) is 37.3 Å². The highest BCUT2D eigenvalue weighted by Crippen LogP contribution is 2.25. The second-order valence-corrected chi connectivity index (χ2v) is 7.43. The minimum Gasteiger partial charge on any atom is -0.494 e. The van der Waals surface area contributed by atoms with Crippen LogP contribution in [0.1, 0.15) is 30.5 Å². The molecule has 2 aromatic heterocycles. The van der Waals surface area contributed by atoms with Gasteiger partial charge in [-0.25, -0.2) is 4.98 Å². The third-order valence-electron chi connectivity index (χ3n) is 5.06. The van der Waals surface area contributed by atoms with Crippen molar-refractivity contribution in [2.45, 2.75) is 26.4 Å².